The van der Waals surface area contributed by atoms with E-state index >= 15 is 0 Å². The van der Waals surface area contributed by atoms with E-state index in [-0.39, 0.29) is 11.5 Å². The lowest BCUT2D eigenvalue weighted by atomic mass is 10.00. The quantitative estimate of drug-likeness (QED) is 0.765. The Balaban J connectivity index is 1.94. The Hall–Kier alpha value is -3.26. The van der Waals surface area contributed by atoms with E-state index in [1.54, 1.807) is 56.6 Å². The van der Waals surface area contributed by atoms with Crippen LogP contribution in [0.2, 0.25) is 0 Å². The van der Waals surface area contributed by atoms with Crippen LogP contribution < -0.4 is 15.5 Å². The number of hydrogen-bond donors (Lipinski definition) is 2. The number of benzodiazepines with no additional fused rings is 1. The lowest BCUT2D eigenvalue weighted by Gasteiger charge is -2.21. The van der Waals surface area contributed by atoms with E-state index < -0.39 is 23.9 Å². The molecule has 158 valence electrons. The topological polar surface area (TPSA) is 83.0 Å². The first-order valence-electron chi connectivity index (χ1n) is 9.65. The van der Waals surface area contributed by atoms with E-state index in [0.29, 0.717) is 30.1 Å². The molecule has 2 aromatic rings. The summed E-state index contributed by atoms with van der Waals surface area (Å²) in [5, 5.41) is 5.31. The Morgan fingerprint density at radius 3 is 2.57 bits per heavy atom. The van der Waals surface area contributed by atoms with Crippen LogP contribution in [0.1, 0.15) is 18.1 Å². The van der Waals surface area contributed by atoms with Gasteiger partial charge in [-0.05, 0) is 24.1 Å². The van der Waals surface area contributed by atoms with Crippen molar-refractivity contribution < 1.29 is 18.7 Å². The van der Waals surface area contributed by atoms with Gasteiger partial charge in [0.25, 0.3) is 5.91 Å². The molecule has 2 N–H and O–H groups in total. The van der Waals surface area contributed by atoms with Gasteiger partial charge in [-0.25, -0.2) is 14.2 Å². The summed E-state index contributed by atoms with van der Waals surface area (Å²) in [6.45, 7) is 2.80. The largest absolute Gasteiger partial charge is 0.384 e. The number of methoxy groups -OCH3 is 1. The van der Waals surface area contributed by atoms with Gasteiger partial charge < -0.3 is 20.3 Å². The summed E-state index contributed by atoms with van der Waals surface area (Å²) >= 11 is 0. The molecule has 0 saturated heterocycles. The summed E-state index contributed by atoms with van der Waals surface area (Å²) in [5.74, 6) is -0.775. The fourth-order valence-electron chi connectivity index (χ4n) is 3.27. The second-order valence-electron chi connectivity index (χ2n) is 7.19. The molecule has 30 heavy (non-hydrogen) atoms. The molecule has 2 aromatic carbocycles. The highest BCUT2D eigenvalue weighted by molar-refractivity contribution is 6.20. The smallest absolute Gasteiger partial charge is 0.316 e. The van der Waals surface area contributed by atoms with Gasteiger partial charge in [0.05, 0.1) is 18.0 Å². The second kappa shape index (κ2) is 9.49. The standard InChI is InChI=1S/C22H25FN4O3/c1-14(13-30-3)12-24-22(29)26-20-21(28)27(2)18-11-7-5-9-16(18)19(25-20)15-8-4-6-10-17(15)23/h4-11,14,20H,12-13H2,1-3H3,(H2,24,26,29). The van der Waals surface area contributed by atoms with Crippen LogP contribution in [0, 0.1) is 11.7 Å². The Morgan fingerprint density at radius 1 is 1.20 bits per heavy atom. The monoisotopic (exact) mass is 412 g/mol. The molecular formula is C22H25FN4O3. The molecule has 0 fully saturated rings. The number of amides is 3. The number of urea groups is 1. The molecule has 1 aliphatic heterocycles. The van der Waals surface area contributed by atoms with Gasteiger partial charge in [0.2, 0.25) is 6.17 Å². The summed E-state index contributed by atoms with van der Waals surface area (Å²) in [4.78, 5) is 31.3. The minimum atomic E-state index is -1.20. The van der Waals surface area contributed by atoms with Crippen LogP contribution in [0.5, 0.6) is 0 Å². The van der Waals surface area contributed by atoms with Crippen molar-refractivity contribution >= 4 is 23.3 Å². The summed E-state index contributed by atoms with van der Waals surface area (Å²) in [7, 11) is 3.20. The van der Waals surface area contributed by atoms with Gasteiger partial charge in [0.15, 0.2) is 0 Å². The van der Waals surface area contributed by atoms with Crippen molar-refractivity contribution in [2.24, 2.45) is 10.9 Å². The van der Waals surface area contributed by atoms with E-state index in [1.807, 2.05) is 6.92 Å². The zero-order chi connectivity index (χ0) is 21.7. The Kier molecular flexibility index (Phi) is 6.79. The summed E-state index contributed by atoms with van der Waals surface area (Å²) in [6, 6.07) is 12.8. The Morgan fingerprint density at radius 2 is 1.87 bits per heavy atom. The SMILES string of the molecule is COCC(C)CNC(=O)NC1N=C(c2ccccc2F)c2ccccc2N(C)C1=O. The molecule has 0 aliphatic carbocycles. The molecule has 7 nitrogen and oxygen atoms in total. The van der Waals surface area contributed by atoms with Crippen LogP contribution >= 0.6 is 0 Å². The average molecular weight is 412 g/mol. The number of ether oxygens (including phenoxy) is 1. The Bertz CT molecular complexity index is 963. The van der Waals surface area contributed by atoms with Crippen molar-refractivity contribution in [3.8, 4) is 0 Å². The van der Waals surface area contributed by atoms with E-state index in [9.17, 15) is 14.0 Å². The number of hydrogen-bond acceptors (Lipinski definition) is 4. The van der Waals surface area contributed by atoms with Gasteiger partial charge in [-0.2, -0.15) is 0 Å². The van der Waals surface area contributed by atoms with E-state index in [2.05, 4.69) is 15.6 Å². The average Bonchev–Trinajstić information content (AvgIpc) is 2.84. The molecule has 1 heterocycles. The molecule has 3 amide bonds. The fourth-order valence-corrected chi connectivity index (χ4v) is 3.27. The van der Waals surface area contributed by atoms with Gasteiger partial charge in [0.1, 0.15) is 5.82 Å². The molecular weight excluding hydrogens is 387 g/mol. The van der Waals surface area contributed by atoms with Crippen LogP contribution in [0.4, 0.5) is 14.9 Å². The minimum Gasteiger partial charge on any atom is -0.384 e. The van der Waals surface area contributed by atoms with Crippen molar-refractivity contribution in [1.29, 1.82) is 0 Å². The number of aliphatic imine (C=N–C) groups is 1. The summed E-state index contributed by atoms with van der Waals surface area (Å²) in [5.41, 5.74) is 1.76. The summed E-state index contributed by atoms with van der Waals surface area (Å²) < 4.78 is 19.6. The number of fused-ring (bicyclic) bond motifs is 1. The van der Waals surface area contributed by atoms with Crippen LogP contribution in [-0.4, -0.2) is 51.1 Å². The molecule has 3 rings (SSSR count). The van der Waals surface area contributed by atoms with Crippen molar-refractivity contribution in [1.82, 2.24) is 10.6 Å². The molecule has 0 aromatic heterocycles. The number of para-hydroxylation sites is 1. The Labute approximate surface area is 174 Å². The highest BCUT2D eigenvalue weighted by Crippen LogP contribution is 2.27. The van der Waals surface area contributed by atoms with Crippen LogP contribution in [-0.2, 0) is 9.53 Å². The zero-order valence-electron chi connectivity index (χ0n) is 17.2. The number of rotatable bonds is 6. The molecule has 0 spiro atoms. The van der Waals surface area contributed by atoms with Crippen molar-refractivity contribution in [3.05, 3.63) is 65.5 Å². The number of benzene rings is 2. The van der Waals surface area contributed by atoms with Crippen molar-refractivity contribution in [2.75, 3.05) is 32.2 Å². The third-order valence-corrected chi connectivity index (χ3v) is 4.80. The normalized spacial score (nSPS) is 16.9. The number of carbonyl (C=O) groups is 2. The van der Waals surface area contributed by atoms with Gasteiger partial charge in [-0.3, -0.25) is 4.79 Å². The molecule has 8 heteroatoms. The predicted octanol–water partition coefficient (Wildman–Crippen LogP) is 2.55. The van der Waals surface area contributed by atoms with Gasteiger partial charge in [-0.1, -0.05) is 37.3 Å². The number of anilines is 1. The number of halogens is 1. The highest BCUT2D eigenvalue weighted by Gasteiger charge is 2.31. The summed E-state index contributed by atoms with van der Waals surface area (Å²) in [6.07, 6.45) is -1.20. The lowest BCUT2D eigenvalue weighted by Crippen LogP contribution is -2.50. The first kappa shape index (κ1) is 21.4. The zero-order valence-corrected chi connectivity index (χ0v) is 17.2. The second-order valence-corrected chi connectivity index (χ2v) is 7.19. The number of nitrogens with zero attached hydrogens (tertiary/aromatic N) is 2. The van der Waals surface area contributed by atoms with Crippen LogP contribution in [0.25, 0.3) is 0 Å². The number of likely N-dealkylation sites (N-methyl/N-ethyl adjacent to an activating group) is 1. The molecule has 1 aliphatic rings. The minimum absolute atomic E-state index is 0.106. The number of nitrogens with one attached hydrogen (secondary N) is 2. The molecule has 2 atom stereocenters. The molecule has 0 saturated carbocycles. The third kappa shape index (κ3) is 4.65. The van der Waals surface area contributed by atoms with E-state index in [1.165, 1.54) is 11.0 Å². The van der Waals surface area contributed by atoms with Gasteiger partial charge in [-0.15, -0.1) is 0 Å². The number of carbonyl (C=O) groups excluding carboxylic acids is 2. The van der Waals surface area contributed by atoms with Gasteiger partial charge >= 0.3 is 6.03 Å². The van der Waals surface area contributed by atoms with Crippen LogP contribution in [0.15, 0.2) is 53.5 Å². The molecule has 0 bridgehead atoms. The fraction of sp³-hybridized carbons (Fsp3) is 0.318. The van der Waals surface area contributed by atoms with E-state index in [4.69, 9.17) is 4.74 Å². The molecule has 2 unspecified atom stereocenters. The van der Waals surface area contributed by atoms with Gasteiger partial charge in [0, 0.05) is 31.8 Å². The van der Waals surface area contributed by atoms with E-state index in [0.717, 1.165) is 0 Å². The maximum Gasteiger partial charge on any atom is 0.316 e. The first-order chi connectivity index (χ1) is 14.4. The van der Waals surface area contributed by atoms with Crippen molar-refractivity contribution in [3.63, 3.8) is 0 Å². The predicted molar refractivity (Wildman–Crippen MR) is 113 cm³/mol. The maximum atomic E-state index is 14.6. The lowest BCUT2D eigenvalue weighted by molar-refractivity contribution is -0.119. The third-order valence-electron chi connectivity index (χ3n) is 4.80. The van der Waals surface area contributed by atoms with Crippen LogP contribution in [0.3, 0.4) is 0 Å². The maximum absolute atomic E-state index is 14.6. The molecule has 0 radical (unpaired) electrons. The van der Waals surface area contributed by atoms with Crippen molar-refractivity contribution in [2.45, 2.75) is 13.1 Å². The first-order valence-corrected chi connectivity index (χ1v) is 9.65. The highest BCUT2D eigenvalue weighted by atomic mass is 19.1.